The van der Waals surface area contributed by atoms with Gasteiger partial charge in [0.05, 0.1) is 5.69 Å². The second-order valence-electron chi connectivity index (χ2n) is 5.76. The second-order valence-corrected chi connectivity index (χ2v) is 6.75. The van der Waals surface area contributed by atoms with E-state index in [2.05, 4.69) is 10.1 Å². The lowest BCUT2D eigenvalue weighted by Crippen LogP contribution is -2.40. The minimum Gasteiger partial charge on any atom is -0.425 e. The van der Waals surface area contributed by atoms with Crippen molar-refractivity contribution in [1.29, 1.82) is 0 Å². The minimum absolute atomic E-state index is 0.114. The summed E-state index contributed by atoms with van der Waals surface area (Å²) in [6.45, 7) is 6.63. The van der Waals surface area contributed by atoms with E-state index in [9.17, 15) is 22.4 Å². The Labute approximate surface area is 134 Å². The third-order valence-corrected chi connectivity index (χ3v) is 3.19. The first-order chi connectivity index (χ1) is 9.74. The molecular formula is C14H16BrF4NO2. The van der Waals surface area contributed by atoms with Gasteiger partial charge in [-0.05, 0) is 23.1 Å². The molecule has 0 aliphatic rings. The summed E-state index contributed by atoms with van der Waals surface area (Å²) in [7, 11) is 0. The number of benzene rings is 1. The van der Waals surface area contributed by atoms with Gasteiger partial charge in [0.2, 0.25) is 5.91 Å². The van der Waals surface area contributed by atoms with Gasteiger partial charge in [0.15, 0.2) is 0 Å². The Morgan fingerprint density at radius 3 is 2.14 bits per heavy atom. The fraction of sp³-hybridized carbons (Fsp3) is 0.500. The molecule has 0 bridgehead atoms. The quantitative estimate of drug-likeness (QED) is 0.591. The third-order valence-electron chi connectivity index (χ3n) is 2.73. The fourth-order valence-corrected chi connectivity index (χ4v) is 1.64. The molecule has 1 amide bonds. The van der Waals surface area contributed by atoms with Gasteiger partial charge in [0.25, 0.3) is 0 Å². The van der Waals surface area contributed by atoms with Crippen molar-refractivity contribution in [2.24, 2.45) is 0 Å². The van der Waals surface area contributed by atoms with Crippen LogP contribution in [0.1, 0.15) is 33.3 Å². The summed E-state index contributed by atoms with van der Waals surface area (Å²) in [4.78, 5) is 6.55. The summed E-state index contributed by atoms with van der Waals surface area (Å²) >= 11 is 1.60. The van der Waals surface area contributed by atoms with Gasteiger partial charge < -0.3 is 10.1 Å². The number of carbonyl (C=O) groups is 1. The molecule has 0 radical (unpaired) electrons. The molecule has 0 aliphatic heterocycles. The highest BCUT2D eigenvalue weighted by Gasteiger charge is 2.58. The number of nitrogens with one attached hydrogen (secondary N) is 1. The van der Waals surface area contributed by atoms with Crippen LogP contribution in [-0.2, 0) is 10.2 Å². The maximum Gasteiger partial charge on any atom is 0.475 e. The molecule has 0 aliphatic carbocycles. The Hall–Kier alpha value is -1.31. The molecule has 0 spiro atoms. The first-order valence-corrected chi connectivity index (χ1v) is 7.09. The Balaban J connectivity index is 3.31. The van der Waals surface area contributed by atoms with Crippen LogP contribution in [0.15, 0.2) is 18.2 Å². The number of hydrogen-bond acceptors (Lipinski definition) is 2. The molecule has 1 aromatic carbocycles. The highest BCUT2D eigenvalue weighted by atomic mass is 79.9. The van der Waals surface area contributed by atoms with E-state index in [1.165, 1.54) is 19.1 Å². The van der Waals surface area contributed by atoms with Crippen LogP contribution in [-0.4, -0.2) is 16.8 Å². The monoisotopic (exact) mass is 385 g/mol. The van der Waals surface area contributed by atoms with E-state index in [1.54, 1.807) is 22.0 Å². The molecule has 124 valence electrons. The molecule has 22 heavy (non-hydrogen) atoms. The number of anilines is 1. The highest BCUT2D eigenvalue weighted by molar-refractivity contribution is 9.10. The topological polar surface area (TPSA) is 38.3 Å². The van der Waals surface area contributed by atoms with Crippen molar-refractivity contribution in [3.8, 4) is 5.75 Å². The van der Waals surface area contributed by atoms with Crippen molar-refractivity contribution in [3.63, 3.8) is 0 Å². The smallest absolute Gasteiger partial charge is 0.425 e. The van der Waals surface area contributed by atoms with Crippen molar-refractivity contribution >= 4 is 27.5 Å². The summed E-state index contributed by atoms with van der Waals surface area (Å²) in [5.74, 6) is -1.07. The normalized spacial score (nSPS) is 13.0. The maximum atomic E-state index is 13.4. The lowest BCUT2D eigenvalue weighted by Gasteiger charge is -2.25. The highest BCUT2D eigenvalue weighted by Crippen LogP contribution is 2.43. The molecule has 0 unspecified atom stereocenters. The van der Waals surface area contributed by atoms with E-state index in [-0.39, 0.29) is 5.69 Å². The van der Waals surface area contributed by atoms with Crippen molar-refractivity contribution in [2.75, 3.05) is 5.32 Å². The zero-order chi connectivity index (χ0) is 17.3. The Morgan fingerprint density at radius 2 is 1.73 bits per heavy atom. The number of ether oxygens (including phenoxy) is 1. The van der Waals surface area contributed by atoms with Gasteiger partial charge in [-0.2, -0.15) is 17.6 Å². The third kappa shape index (κ3) is 4.59. The molecular weight excluding hydrogens is 370 g/mol. The number of halogens is 5. The second kappa shape index (κ2) is 6.06. The molecule has 8 heteroatoms. The summed E-state index contributed by atoms with van der Waals surface area (Å²) in [5, 5.41) is 2.27. The van der Waals surface area contributed by atoms with Gasteiger partial charge in [-0.25, -0.2) is 0 Å². The van der Waals surface area contributed by atoms with E-state index in [0.717, 1.165) is 0 Å². The van der Waals surface area contributed by atoms with Gasteiger partial charge >= 0.3 is 10.9 Å². The molecule has 1 N–H and O–H groups in total. The lowest BCUT2D eigenvalue weighted by molar-refractivity contribution is -0.266. The molecule has 3 nitrogen and oxygen atoms in total. The lowest BCUT2D eigenvalue weighted by atomic mass is 9.87. The summed E-state index contributed by atoms with van der Waals surface area (Å²) < 4.78 is 56.8. The van der Waals surface area contributed by atoms with Crippen LogP contribution in [0, 0.1) is 0 Å². The minimum atomic E-state index is -4.78. The van der Waals surface area contributed by atoms with Crippen LogP contribution in [0.2, 0.25) is 0 Å². The van der Waals surface area contributed by atoms with E-state index >= 15 is 0 Å². The maximum absolute atomic E-state index is 13.4. The van der Waals surface area contributed by atoms with Crippen LogP contribution in [0.4, 0.5) is 23.2 Å². The number of alkyl halides is 5. The zero-order valence-corrected chi connectivity index (χ0v) is 14.0. The summed E-state index contributed by atoms with van der Waals surface area (Å²) in [6, 6.07) is 4.14. The van der Waals surface area contributed by atoms with Crippen LogP contribution in [0.25, 0.3) is 0 Å². The molecule has 0 fully saturated rings. The Morgan fingerprint density at radius 1 is 1.18 bits per heavy atom. The van der Waals surface area contributed by atoms with Crippen molar-refractivity contribution in [2.45, 2.75) is 44.1 Å². The van der Waals surface area contributed by atoms with E-state index < -0.39 is 28.0 Å². The predicted molar refractivity (Wildman–Crippen MR) is 78.9 cm³/mol. The van der Waals surface area contributed by atoms with Crippen molar-refractivity contribution in [3.05, 3.63) is 23.8 Å². The van der Waals surface area contributed by atoms with Gasteiger partial charge in [-0.15, -0.1) is 0 Å². The first kappa shape index (κ1) is 18.7. The molecule has 0 heterocycles. The molecule has 1 aromatic rings. The predicted octanol–water partition coefficient (Wildman–Crippen LogP) is 4.90. The molecule has 0 saturated carbocycles. The van der Waals surface area contributed by atoms with E-state index in [4.69, 9.17) is 0 Å². The average Bonchev–Trinajstić information content (AvgIpc) is 2.27. The number of amides is 1. The van der Waals surface area contributed by atoms with E-state index in [1.807, 2.05) is 20.8 Å². The molecule has 1 rings (SSSR count). The SMILES string of the molecule is CC(=O)Nc1ccc(C(C)(C)C)cc1OC(F)(F)C(F)(F)Br. The largest absolute Gasteiger partial charge is 0.475 e. The molecule has 0 aromatic heterocycles. The van der Waals surface area contributed by atoms with Gasteiger partial charge in [0, 0.05) is 22.9 Å². The van der Waals surface area contributed by atoms with E-state index in [0.29, 0.717) is 5.56 Å². The fourth-order valence-electron chi connectivity index (χ4n) is 1.56. The van der Waals surface area contributed by atoms with Crippen LogP contribution >= 0.6 is 15.9 Å². The van der Waals surface area contributed by atoms with Crippen LogP contribution < -0.4 is 10.1 Å². The molecule has 0 atom stereocenters. The number of carbonyl (C=O) groups excluding carboxylic acids is 1. The average molecular weight is 386 g/mol. The summed E-state index contributed by atoms with van der Waals surface area (Å²) in [6.07, 6.45) is -4.78. The van der Waals surface area contributed by atoms with Gasteiger partial charge in [-0.3, -0.25) is 4.79 Å². The number of hydrogen-bond donors (Lipinski definition) is 1. The number of rotatable bonds is 4. The Bertz CT molecular complexity index is 565. The molecule has 0 saturated heterocycles. The first-order valence-electron chi connectivity index (χ1n) is 6.30. The van der Waals surface area contributed by atoms with Gasteiger partial charge in [0.1, 0.15) is 5.75 Å². The van der Waals surface area contributed by atoms with Crippen LogP contribution in [0.3, 0.4) is 0 Å². The van der Waals surface area contributed by atoms with Crippen molar-refractivity contribution in [1.82, 2.24) is 0 Å². The van der Waals surface area contributed by atoms with Crippen molar-refractivity contribution < 1.29 is 27.1 Å². The summed E-state index contributed by atoms with van der Waals surface area (Å²) in [5.41, 5.74) is 0.0567. The van der Waals surface area contributed by atoms with Crippen LogP contribution in [0.5, 0.6) is 5.75 Å². The Kier molecular flexibility index (Phi) is 5.16. The standard InChI is InChI=1S/C14H16BrF4NO2/c1-8(21)20-10-6-5-9(12(2,3)4)7-11(10)22-14(18,19)13(15,16)17/h5-7H,1-4H3,(H,20,21). The zero-order valence-electron chi connectivity index (χ0n) is 12.4. The van der Waals surface area contributed by atoms with Gasteiger partial charge in [-0.1, -0.05) is 26.8 Å².